The summed E-state index contributed by atoms with van der Waals surface area (Å²) >= 11 is 1.48. The number of hydrogen-bond donors (Lipinski definition) is 1. The molecule has 1 N–H and O–H groups in total. The number of carbonyl (C=O) groups is 2. The number of thioether (sulfide) groups is 1. The van der Waals surface area contributed by atoms with E-state index >= 15 is 0 Å². The third kappa shape index (κ3) is 7.17. The molecule has 2 amide bonds. The van der Waals surface area contributed by atoms with Gasteiger partial charge in [-0.2, -0.15) is 0 Å². The smallest absolute Gasteiger partial charge is 0.242 e. The number of rotatable bonds is 11. The zero-order valence-corrected chi connectivity index (χ0v) is 18.8. The van der Waals surface area contributed by atoms with Crippen molar-refractivity contribution < 1.29 is 14.0 Å². The second kappa shape index (κ2) is 12.4. The minimum absolute atomic E-state index is 0.0659. The summed E-state index contributed by atoms with van der Waals surface area (Å²) in [6.45, 7) is 6.95. The lowest BCUT2D eigenvalue weighted by atomic mass is 10.1. The van der Waals surface area contributed by atoms with Crippen molar-refractivity contribution in [3.05, 3.63) is 71.0 Å². The van der Waals surface area contributed by atoms with E-state index in [0.717, 1.165) is 23.1 Å². The quantitative estimate of drug-likeness (QED) is 0.562. The van der Waals surface area contributed by atoms with Gasteiger partial charge in [0.1, 0.15) is 11.9 Å². The predicted molar refractivity (Wildman–Crippen MR) is 122 cm³/mol. The topological polar surface area (TPSA) is 49.4 Å². The second-order valence-corrected chi connectivity index (χ2v) is 8.27. The van der Waals surface area contributed by atoms with Gasteiger partial charge < -0.3 is 10.2 Å². The van der Waals surface area contributed by atoms with E-state index in [9.17, 15) is 14.0 Å². The van der Waals surface area contributed by atoms with Crippen molar-refractivity contribution >= 4 is 23.6 Å². The molecule has 6 heteroatoms. The molecule has 0 heterocycles. The third-order valence-electron chi connectivity index (χ3n) is 4.94. The summed E-state index contributed by atoms with van der Waals surface area (Å²) in [5.41, 5.74) is 3.10. The van der Waals surface area contributed by atoms with Crippen LogP contribution in [0, 0.1) is 12.7 Å². The molecular formula is C24H31FN2O2S. The molecule has 2 rings (SSSR count). The van der Waals surface area contributed by atoms with Gasteiger partial charge in [-0.3, -0.25) is 9.59 Å². The van der Waals surface area contributed by atoms with Crippen LogP contribution in [-0.4, -0.2) is 35.1 Å². The van der Waals surface area contributed by atoms with E-state index in [0.29, 0.717) is 25.3 Å². The van der Waals surface area contributed by atoms with E-state index in [4.69, 9.17) is 0 Å². The molecule has 2 aromatic rings. The van der Waals surface area contributed by atoms with Crippen molar-refractivity contribution in [2.24, 2.45) is 0 Å². The van der Waals surface area contributed by atoms with E-state index < -0.39 is 6.04 Å². The molecule has 0 saturated heterocycles. The van der Waals surface area contributed by atoms with Gasteiger partial charge in [0, 0.05) is 18.8 Å². The summed E-state index contributed by atoms with van der Waals surface area (Å²) < 4.78 is 13.1. The lowest BCUT2D eigenvalue weighted by Gasteiger charge is -2.31. The minimum atomic E-state index is -0.505. The molecular weight excluding hydrogens is 399 g/mol. The molecule has 0 bridgehead atoms. The summed E-state index contributed by atoms with van der Waals surface area (Å²) in [5, 5.41) is 2.93. The Labute approximate surface area is 183 Å². The van der Waals surface area contributed by atoms with Gasteiger partial charge in [0.05, 0.1) is 5.75 Å². The Morgan fingerprint density at radius 2 is 1.80 bits per heavy atom. The van der Waals surface area contributed by atoms with E-state index in [1.54, 1.807) is 17.0 Å². The minimum Gasteiger partial charge on any atom is -0.354 e. The molecule has 0 aliphatic carbocycles. The summed E-state index contributed by atoms with van der Waals surface area (Å²) in [4.78, 5) is 27.6. The monoisotopic (exact) mass is 430 g/mol. The van der Waals surface area contributed by atoms with Crippen LogP contribution in [0.15, 0.2) is 48.5 Å². The van der Waals surface area contributed by atoms with Crippen LogP contribution < -0.4 is 5.32 Å². The predicted octanol–water partition coefficient (Wildman–Crippen LogP) is 4.70. The second-order valence-electron chi connectivity index (χ2n) is 7.28. The van der Waals surface area contributed by atoms with Crippen molar-refractivity contribution in [2.45, 2.75) is 52.0 Å². The number of benzene rings is 2. The Morgan fingerprint density at radius 1 is 1.10 bits per heavy atom. The number of nitrogens with one attached hydrogen (secondary N) is 1. The Balaban J connectivity index is 2.11. The SMILES string of the molecule is CCCNC(=O)[C@H](CC)N(Cc1ccccc1C)C(=O)CSCc1ccc(F)cc1. The lowest BCUT2D eigenvalue weighted by molar-refractivity contribution is -0.139. The largest absolute Gasteiger partial charge is 0.354 e. The standard InChI is InChI=1S/C24H31FN2O2S/c1-4-14-26-24(29)22(5-2)27(15-20-9-7-6-8-18(20)3)23(28)17-30-16-19-10-12-21(25)13-11-19/h6-13,22H,4-5,14-17H2,1-3H3,(H,26,29)/t22-/m0/s1. The number of nitrogens with zero attached hydrogens (tertiary/aromatic N) is 1. The molecule has 30 heavy (non-hydrogen) atoms. The van der Waals surface area contributed by atoms with Crippen LogP contribution in [0.2, 0.25) is 0 Å². The third-order valence-corrected chi connectivity index (χ3v) is 5.93. The fraction of sp³-hybridized carbons (Fsp3) is 0.417. The molecule has 0 aliphatic rings. The van der Waals surface area contributed by atoms with Crippen LogP contribution in [0.4, 0.5) is 4.39 Å². The maximum absolute atomic E-state index is 13.1. The van der Waals surface area contributed by atoms with Gasteiger partial charge in [-0.05, 0) is 48.6 Å². The molecule has 2 aromatic carbocycles. The van der Waals surface area contributed by atoms with Crippen LogP contribution in [0.25, 0.3) is 0 Å². The molecule has 0 spiro atoms. The first kappa shape index (κ1) is 23.9. The zero-order chi connectivity index (χ0) is 21.9. The first-order valence-electron chi connectivity index (χ1n) is 10.4. The fourth-order valence-corrected chi connectivity index (χ4v) is 4.05. The zero-order valence-electron chi connectivity index (χ0n) is 18.0. The Kier molecular flexibility index (Phi) is 9.87. The maximum Gasteiger partial charge on any atom is 0.242 e. The van der Waals surface area contributed by atoms with Crippen LogP contribution in [-0.2, 0) is 21.9 Å². The van der Waals surface area contributed by atoms with E-state index in [1.165, 1.54) is 23.9 Å². The van der Waals surface area contributed by atoms with Gasteiger partial charge >= 0.3 is 0 Å². The Hall–Kier alpha value is -2.34. The van der Waals surface area contributed by atoms with Gasteiger partial charge in [0.15, 0.2) is 0 Å². The molecule has 0 aliphatic heterocycles. The van der Waals surface area contributed by atoms with Gasteiger partial charge in [-0.25, -0.2) is 4.39 Å². The van der Waals surface area contributed by atoms with Crippen molar-refractivity contribution in [2.75, 3.05) is 12.3 Å². The molecule has 0 fully saturated rings. The average Bonchev–Trinajstić information content (AvgIpc) is 2.74. The highest BCUT2D eigenvalue weighted by atomic mass is 32.2. The number of halogens is 1. The first-order chi connectivity index (χ1) is 14.5. The van der Waals surface area contributed by atoms with E-state index in [2.05, 4.69) is 5.32 Å². The summed E-state index contributed by atoms with van der Waals surface area (Å²) in [5.74, 6) is 0.436. The van der Waals surface area contributed by atoms with Gasteiger partial charge in [0.2, 0.25) is 11.8 Å². The van der Waals surface area contributed by atoms with Gasteiger partial charge in [0.25, 0.3) is 0 Å². The van der Waals surface area contributed by atoms with Crippen molar-refractivity contribution in [1.29, 1.82) is 0 Å². The summed E-state index contributed by atoms with van der Waals surface area (Å²) in [7, 11) is 0. The normalized spacial score (nSPS) is 11.7. The Bertz CT molecular complexity index is 826. The number of carbonyl (C=O) groups excluding carboxylic acids is 2. The van der Waals surface area contributed by atoms with Crippen molar-refractivity contribution in [3.63, 3.8) is 0 Å². The van der Waals surface area contributed by atoms with Crippen LogP contribution in [0.3, 0.4) is 0 Å². The molecule has 4 nitrogen and oxygen atoms in total. The molecule has 0 radical (unpaired) electrons. The van der Waals surface area contributed by atoms with Crippen LogP contribution in [0.5, 0.6) is 0 Å². The number of aryl methyl sites for hydroxylation is 1. The first-order valence-corrected chi connectivity index (χ1v) is 11.6. The van der Waals surface area contributed by atoms with Crippen molar-refractivity contribution in [1.82, 2.24) is 10.2 Å². The number of hydrogen-bond acceptors (Lipinski definition) is 3. The van der Waals surface area contributed by atoms with Crippen LogP contribution >= 0.6 is 11.8 Å². The summed E-state index contributed by atoms with van der Waals surface area (Å²) in [6.07, 6.45) is 1.40. The highest BCUT2D eigenvalue weighted by Crippen LogP contribution is 2.19. The molecule has 0 unspecified atom stereocenters. The lowest BCUT2D eigenvalue weighted by Crippen LogP contribution is -2.49. The highest BCUT2D eigenvalue weighted by Gasteiger charge is 2.28. The van der Waals surface area contributed by atoms with E-state index in [1.807, 2.05) is 45.0 Å². The van der Waals surface area contributed by atoms with E-state index in [-0.39, 0.29) is 23.4 Å². The molecule has 1 atom stereocenters. The molecule has 0 aromatic heterocycles. The number of amides is 2. The summed E-state index contributed by atoms with van der Waals surface area (Å²) in [6, 6.07) is 13.7. The Morgan fingerprint density at radius 3 is 2.43 bits per heavy atom. The molecule has 162 valence electrons. The molecule has 0 saturated carbocycles. The highest BCUT2D eigenvalue weighted by molar-refractivity contribution is 7.99. The van der Waals surface area contributed by atoms with Gasteiger partial charge in [-0.1, -0.05) is 50.2 Å². The fourth-order valence-electron chi connectivity index (χ4n) is 3.18. The maximum atomic E-state index is 13.1. The van der Waals surface area contributed by atoms with Gasteiger partial charge in [-0.15, -0.1) is 11.8 Å². The van der Waals surface area contributed by atoms with Crippen molar-refractivity contribution in [3.8, 4) is 0 Å². The average molecular weight is 431 g/mol. The van der Waals surface area contributed by atoms with Crippen LogP contribution in [0.1, 0.15) is 43.4 Å².